The monoisotopic (exact) mass is 204 g/mol. The van der Waals surface area contributed by atoms with Gasteiger partial charge in [0.25, 0.3) is 0 Å². The SMILES string of the molecule is CCCn1nccc1-c1ccc(C=O)o1. The Labute approximate surface area is 87.5 Å². The first-order chi connectivity index (χ1) is 7.35. The van der Waals surface area contributed by atoms with Crippen molar-refractivity contribution in [3.8, 4) is 11.5 Å². The second kappa shape index (κ2) is 4.13. The number of hydrogen-bond donors (Lipinski definition) is 0. The van der Waals surface area contributed by atoms with Gasteiger partial charge in [-0.2, -0.15) is 5.10 Å². The summed E-state index contributed by atoms with van der Waals surface area (Å²) in [6, 6.07) is 5.32. The third-order valence-corrected chi connectivity index (χ3v) is 2.15. The predicted octanol–water partition coefficient (Wildman–Crippen LogP) is 2.37. The van der Waals surface area contributed by atoms with Gasteiger partial charge in [0.2, 0.25) is 0 Å². The zero-order valence-electron chi connectivity index (χ0n) is 8.51. The van der Waals surface area contributed by atoms with Gasteiger partial charge in [-0.25, -0.2) is 0 Å². The Morgan fingerprint density at radius 1 is 1.47 bits per heavy atom. The van der Waals surface area contributed by atoms with Crippen LogP contribution in [0.25, 0.3) is 11.5 Å². The molecule has 4 heteroatoms. The Morgan fingerprint density at radius 2 is 2.33 bits per heavy atom. The summed E-state index contributed by atoms with van der Waals surface area (Å²) in [5.41, 5.74) is 0.907. The molecule has 0 aromatic carbocycles. The number of aryl methyl sites for hydroxylation is 1. The summed E-state index contributed by atoms with van der Waals surface area (Å²) in [5, 5.41) is 4.19. The van der Waals surface area contributed by atoms with Crippen LogP contribution >= 0.6 is 0 Å². The number of rotatable bonds is 4. The average Bonchev–Trinajstić information content (AvgIpc) is 2.85. The minimum atomic E-state index is 0.342. The molecule has 4 nitrogen and oxygen atoms in total. The summed E-state index contributed by atoms with van der Waals surface area (Å²) in [6.45, 7) is 2.93. The highest BCUT2D eigenvalue weighted by Crippen LogP contribution is 2.21. The van der Waals surface area contributed by atoms with Crippen molar-refractivity contribution < 1.29 is 9.21 Å². The van der Waals surface area contributed by atoms with Crippen LogP contribution in [0.3, 0.4) is 0 Å². The molecule has 0 aliphatic heterocycles. The molecule has 2 aromatic heterocycles. The van der Waals surface area contributed by atoms with Crippen LogP contribution in [-0.2, 0) is 6.54 Å². The Kier molecular flexibility index (Phi) is 2.67. The third kappa shape index (κ3) is 1.83. The molecular weight excluding hydrogens is 192 g/mol. The van der Waals surface area contributed by atoms with Gasteiger partial charge in [-0.05, 0) is 24.6 Å². The van der Waals surface area contributed by atoms with E-state index in [1.807, 2.05) is 10.7 Å². The maximum absolute atomic E-state index is 10.5. The molecule has 2 heterocycles. The standard InChI is InChI=1S/C11H12N2O2/c1-2-7-13-10(5-6-12-13)11-4-3-9(8-14)15-11/h3-6,8H,2,7H2,1H3. The van der Waals surface area contributed by atoms with Crippen LogP contribution < -0.4 is 0 Å². The van der Waals surface area contributed by atoms with Crippen LogP contribution in [0.2, 0.25) is 0 Å². The highest BCUT2D eigenvalue weighted by atomic mass is 16.3. The molecule has 0 saturated carbocycles. The Bertz CT molecular complexity index is 457. The van der Waals surface area contributed by atoms with Crippen molar-refractivity contribution in [2.75, 3.05) is 0 Å². The zero-order valence-corrected chi connectivity index (χ0v) is 8.51. The minimum absolute atomic E-state index is 0.342. The Balaban J connectivity index is 2.35. The fourth-order valence-corrected chi connectivity index (χ4v) is 1.49. The van der Waals surface area contributed by atoms with Gasteiger partial charge in [-0.1, -0.05) is 6.92 Å². The van der Waals surface area contributed by atoms with Crippen LogP contribution in [0.4, 0.5) is 0 Å². The van der Waals surface area contributed by atoms with Gasteiger partial charge in [0.1, 0.15) is 5.69 Å². The van der Waals surface area contributed by atoms with Gasteiger partial charge < -0.3 is 4.42 Å². The first kappa shape index (κ1) is 9.71. The summed E-state index contributed by atoms with van der Waals surface area (Å²) in [4.78, 5) is 10.5. The van der Waals surface area contributed by atoms with Gasteiger partial charge in [0.15, 0.2) is 17.8 Å². The molecule has 0 atom stereocenters. The van der Waals surface area contributed by atoms with E-state index in [4.69, 9.17) is 4.42 Å². The van der Waals surface area contributed by atoms with Gasteiger partial charge in [0, 0.05) is 12.7 Å². The summed E-state index contributed by atoms with van der Waals surface area (Å²) in [6.07, 6.45) is 3.44. The Hall–Kier alpha value is -1.84. The van der Waals surface area contributed by atoms with Crippen molar-refractivity contribution in [1.82, 2.24) is 9.78 Å². The second-order valence-corrected chi connectivity index (χ2v) is 3.26. The van der Waals surface area contributed by atoms with E-state index < -0.39 is 0 Å². The summed E-state index contributed by atoms with van der Waals surface area (Å²) in [7, 11) is 0. The number of furan rings is 1. The Morgan fingerprint density at radius 3 is 3.00 bits per heavy atom. The van der Waals surface area contributed by atoms with Crippen LogP contribution in [0.15, 0.2) is 28.8 Å². The van der Waals surface area contributed by atoms with E-state index in [1.165, 1.54) is 0 Å². The van der Waals surface area contributed by atoms with Gasteiger partial charge in [0.05, 0.1) is 0 Å². The van der Waals surface area contributed by atoms with Crippen molar-refractivity contribution in [3.05, 3.63) is 30.2 Å². The van der Waals surface area contributed by atoms with Crippen molar-refractivity contribution in [2.45, 2.75) is 19.9 Å². The normalized spacial score (nSPS) is 10.5. The molecule has 0 fully saturated rings. The van der Waals surface area contributed by atoms with Crippen molar-refractivity contribution in [3.63, 3.8) is 0 Å². The van der Waals surface area contributed by atoms with Crippen molar-refractivity contribution >= 4 is 6.29 Å². The van der Waals surface area contributed by atoms with E-state index in [9.17, 15) is 4.79 Å². The molecule has 0 bridgehead atoms. The number of carbonyl (C=O) groups is 1. The molecule has 0 saturated heterocycles. The summed E-state index contributed by atoms with van der Waals surface area (Å²) in [5.74, 6) is 1.03. The van der Waals surface area contributed by atoms with Crippen LogP contribution in [0.1, 0.15) is 23.9 Å². The number of aldehydes is 1. The lowest BCUT2D eigenvalue weighted by Crippen LogP contribution is -2.00. The lowest BCUT2D eigenvalue weighted by Gasteiger charge is -2.02. The smallest absolute Gasteiger partial charge is 0.185 e. The molecule has 2 rings (SSSR count). The number of carbonyl (C=O) groups excluding carboxylic acids is 1. The molecule has 78 valence electrons. The molecule has 0 aliphatic carbocycles. The second-order valence-electron chi connectivity index (χ2n) is 3.26. The lowest BCUT2D eigenvalue weighted by molar-refractivity contribution is 0.110. The fourth-order valence-electron chi connectivity index (χ4n) is 1.49. The van der Waals surface area contributed by atoms with Crippen LogP contribution in [-0.4, -0.2) is 16.1 Å². The zero-order chi connectivity index (χ0) is 10.7. The first-order valence-corrected chi connectivity index (χ1v) is 4.92. The summed E-state index contributed by atoms with van der Waals surface area (Å²) < 4.78 is 7.20. The van der Waals surface area contributed by atoms with Gasteiger partial charge in [-0.3, -0.25) is 9.48 Å². The molecule has 0 radical (unpaired) electrons. The maximum Gasteiger partial charge on any atom is 0.185 e. The minimum Gasteiger partial charge on any atom is -0.452 e. The fraction of sp³-hybridized carbons (Fsp3) is 0.273. The molecule has 0 amide bonds. The number of hydrogen-bond acceptors (Lipinski definition) is 3. The topological polar surface area (TPSA) is 48.0 Å². The molecule has 15 heavy (non-hydrogen) atoms. The number of aromatic nitrogens is 2. The van der Waals surface area contributed by atoms with E-state index in [1.54, 1.807) is 18.3 Å². The number of nitrogens with zero attached hydrogens (tertiary/aromatic N) is 2. The molecule has 0 aliphatic rings. The van der Waals surface area contributed by atoms with Gasteiger partial charge >= 0.3 is 0 Å². The van der Waals surface area contributed by atoms with Crippen molar-refractivity contribution in [1.29, 1.82) is 0 Å². The quantitative estimate of drug-likeness (QED) is 0.718. The molecule has 0 unspecified atom stereocenters. The first-order valence-electron chi connectivity index (χ1n) is 4.92. The predicted molar refractivity (Wildman–Crippen MR) is 55.6 cm³/mol. The van der Waals surface area contributed by atoms with E-state index in [2.05, 4.69) is 12.0 Å². The maximum atomic E-state index is 10.5. The highest BCUT2D eigenvalue weighted by Gasteiger charge is 2.08. The van der Waals surface area contributed by atoms with Crippen LogP contribution in [0, 0.1) is 0 Å². The molecular formula is C11H12N2O2. The summed E-state index contributed by atoms with van der Waals surface area (Å²) >= 11 is 0. The largest absolute Gasteiger partial charge is 0.452 e. The lowest BCUT2D eigenvalue weighted by atomic mass is 10.3. The van der Waals surface area contributed by atoms with Gasteiger partial charge in [-0.15, -0.1) is 0 Å². The van der Waals surface area contributed by atoms with Crippen molar-refractivity contribution in [2.24, 2.45) is 0 Å². The molecule has 0 N–H and O–H groups in total. The van der Waals surface area contributed by atoms with Crippen LogP contribution in [0.5, 0.6) is 0 Å². The van der Waals surface area contributed by atoms with E-state index >= 15 is 0 Å². The molecule has 0 spiro atoms. The average molecular weight is 204 g/mol. The highest BCUT2D eigenvalue weighted by molar-refractivity contribution is 5.72. The van der Waals surface area contributed by atoms with E-state index in [0.717, 1.165) is 18.7 Å². The van der Waals surface area contributed by atoms with E-state index in [-0.39, 0.29) is 0 Å². The van der Waals surface area contributed by atoms with E-state index in [0.29, 0.717) is 17.8 Å². The molecule has 2 aromatic rings. The third-order valence-electron chi connectivity index (χ3n) is 2.15.